The summed E-state index contributed by atoms with van der Waals surface area (Å²) in [6.45, 7) is 6.45. The van der Waals surface area contributed by atoms with Crippen LogP contribution in [0.25, 0.3) is 0 Å². The van der Waals surface area contributed by atoms with Crippen LogP contribution in [0.5, 0.6) is 0 Å². The monoisotopic (exact) mass is 816 g/mol. The fourth-order valence-electron chi connectivity index (χ4n) is 7.67. The van der Waals surface area contributed by atoms with E-state index in [1.807, 2.05) is 0 Å². The second-order valence-electron chi connectivity index (χ2n) is 17.3. The van der Waals surface area contributed by atoms with Gasteiger partial charge in [0.25, 0.3) is 0 Å². The fraction of sp³-hybridized carbons (Fsp3) is 0.846. The lowest BCUT2D eigenvalue weighted by Gasteiger charge is -2.24. The fourth-order valence-corrected chi connectivity index (χ4v) is 7.67. The first-order valence-corrected chi connectivity index (χ1v) is 25.2. The lowest BCUT2D eigenvalue weighted by molar-refractivity contribution is -0.151. The van der Waals surface area contributed by atoms with Gasteiger partial charge in [-0.15, -0.1) is 0 Å². The Morgan fingerprint density at radius 1 is 0.500 bits per heavy atom. The molecule has 0 aliphatic rings. The minimum Gasteiger partial charge on any atom is -0.462 e. The third-order valence-electron chi connectivity index (χ3n) is 11.5. The minimum absolute atomic E-state index is 0.0717. The van der Waals surface area contributed by atoms with Gasteiger partial charge < -0.3 is 20.3 Å². The number of esters is 1. The molecular formula is C52H97NO5. The molecule has 0 spiro atoms. The molecule has 58 heavy (non-hydrogen) atoms. The maximum atomic E-state index is 13.1. The first-order valence-electron chi connectivity index (χ1n) is 25.2. The summed E-state index contributed by atoms with van der Waals surface area (Å²) < 4.78 is 5.90. The lowest BCUT2D eigenvalue weighted by Crippen LogP contribution is -2.46. The average Bonchev–Trinajstić information content (AvgIpc) is 3.22. The van der Waals surface area contributed by atoms with Crippen molar-refractivity contribution in [2.75, 3.05) is 6.61 Å². The van der Waals surface area contributed by atoms with Gasteiger partial charge in [-0.3, -0.25) is 9.59 Å². The van der Waals surface area contributed by atoms with E-state index < -0.39 is 18.2 Å². The van der Waals surface area contributed by atoms with Gasteiger partial charge in [-0.05, 0) is 51.4 Å². The van der Waals surface area contributed by atoms with Crippen molar-refractivity contribution in [1.82, 2.24) is 5.32 Å². The summed E-state index contributed by atoms with van der Waals surface area (Å²) in [4.78, 5) is 26.0. The molecule has 1 amide bonds. The topological polar surface area (TPSA) is 95.9 Å². The Hall–Kier alpha value is -1.92. The van der Waals surface area contributed by atoms with Crippen molar-refractivity contribution in [3.05, 3.63) is 36.5 Å². The highest BCUT2D eigenvalue weighted by molar-refractivity contribution is 5.77. The van der Waals surface area contributed by atoms with Crippen LogP contribution >= 0.6 is 0 Å². The van der Waals surface area contributed by atoms with E-state index in [0.717, 1.165) is 70.6 Å². The number of ether oxygens (including phenoxy) is 1. The third kappa shape index (κ3) is 40.8. The van der Waals surface area contributed by atoms with E-state index in [4.69, 9.17) is 4.74 Å². The van der Waals surface area contributed by atoms with Crippen LogP contribution in [0.1, 0.15) is 258 Å². The molecule has 6 nitrogen and oxygen atoms in total. The van der Waals surface area contributed by atoms with E-state index >= 15 is 0 Å². The average molecular weight is 816 g/mol. The van der Waals surface area contributed by atoms with Crippen molar-refractivity contribution in [1.29, 1.82) is 0 Å². The van der Waals surface area contributed by atoms with Crippen LogP contribution in [-0.4, -0.2) is 46.9 Å². The number of hydrogen-bond acceptors (Lipinski definition) is 5. The summed E-state index contributed by atoms with van der Waals surface area (Å²) in [5.41, 5.74) is 0. The Labute approximate surface area is 360 Å². The predicted octanol–water partition coefficient (Wildman–Crippen LogP) is 14.9. The number of allylic oxidation sites excluding steroid dienone is 6. The number of hydrogen-bond donors (Lipinski definition) is 3. The Morgan fingerprint density at radius 2 is 0.879 bits per heavy atom. The van der Waals surface area contributed by atoms with Crippen molar-refractivity contribution in [2.45, 2.75) is 277 Å². The summed E-state index contributed by atoms with van der Waals surface area (Å²) in [5.74, 6) is -0.492. The second kappa shape index (κ2) is 46.2. The van der Waals surface area contributed by atoms with Gasteiger partial charge in [-0.25, -0.2) is 0 Å². The Balaban J connectivity index is 4.45. The van der Waals surface area contributed by atoms with E-state index in [0.29, 0.717) is 19.3 Å². The van der Waals surface area contributed by atoms with E-state index in [1.54, 1.807) is 0 Å². The smallest absolute Gasteiger partial charge is 0.306 e. The quantitative estimate of drug-likeness (QED) is 0.0323. The zero-order chi connectivity index (χ0) is 42.4. The van der Waals surface area contributed by atoms with E-state index in [1.165, 1.54) is 141 Å². The minimum atomic E-state index is -0.787. The SMILES string of the molecule is CCCCCCC/C=C/C=C/C=C/CCCCCCCC(=O)OC(CCCCCCCCCC)CC(=O)NC(CO)C(O)CCCCCCCCCCCCCCC. The maximum Gasteiger partial charge on any atom is 0.306 e. The highest BCUT2D eigenvalue weighted by atomic mass is 16.5. The Kier molecular flexibility index (Phi) is 44.6. The van der Waals surface area contributed by atoms with Gasteiger partial charge in [0.2, 0.25) is 5.91 Å². The van der Waals surface area contributed by atoms with Crippen molar-refractivity contribution in [3.63, 3.8) is 0 Å². The van der Waals surface area contributed by atoms with Gasteiger partial charge in [0, 0.05) is 6.42 Å². The Morgan fingerprint density at radius 3 is 1.31 bits per heavy atom. The van der Waals surface area contributed by atoms with Crippen LogP contribution in [0.2, 0.25) is 0 Å². The molecule has 0 aliphatic carbocycles. The molecule has 3 atom stereocenters. The summed E-state index contributed by atoms with van der Waals surface area (Å²) in [5, 5.41) is 23.7. The van der Waals surface area contributed by atoms with E-state index in [-0.39, 0.29) is 24.9 Å². The zero-order valence-electron chi connectivity index (χ0n) is 38.7. The van der Waals surface area contributed by atoms with Gasteiger partial charge in [0.1, 0.15) is 6.10 Å². The van der Waals surface area contributed by atoms with Gasteiger partial charge in [-0.1, -0.05) is 231 Å². The molecule has 0 saturated carbocycles. The molecule has 0 heterocycles. The molecule has 0 aliphatic heterocycles. The van der Waals surface area contributed by atoms with Crippen molar-refractivity contribution < 1.29 is 24.5 Å². The Bertz CT molecular complexity index is 961. The van der Waals surface area contributed by atoms with Crippen LogP contribution < -0.4 is 5.32 Å². The standard InChI is InChI=1S/C52H97NO5/c1-4-7-10-13-16-19-21-23-24-25-26-27-29-31-33-36-39-42-45-52(57)58-48(43-40-37-34-18-15-12-9-6-3)46-51(56)53-49(47-54)50(55)44-41-38-35-32-30-28-22-20-17-14-11-8-5-2/h21,23-27,48-50,54-55H,4-20,22,28-47H2,1-3H3,(H,53,56)/b23-21+,25-24+,27-26+. The molecule has 0 rings (SSSR count). The number of carbonyl (C=O) groups excluding carboxylic acids is 2. The van der Waals surface area contributed by atoms with Crippen LogP contribution in [0.4, 0.5) is 0 Å². The lowest BCUT2D eigenvalue weighted by atomic mass is 10.0. The number of nitrogens with one attached hydrogen (secondary N) is 1. The highest BCUT2D eigenvalue weighted by Gasteiger charge is 2.24. The zero-order valence-corrected chi connectivity index (χ0v) is 38.7. The second-order valence-corrected chi connectivity index (χ2v) is 17.3. The molecule has 0 saturated heterocycles. The molecule has 0 aromatic heterocycles. The maximum absolute atomic E-state index is 13.1. The molecule has 3 N–H and O–H groups in total. The molecule has 0 fully saturated rings. The van der Waals surface area contributed by atoms with Crippen LogP contribution in [0.15, 0.2) is 36.5 Å². The first kappa shape index (κ1) is 56.1. The van der Waals surface area contributed by atoms with Crippen LogP contribution in [-0.2, 0) is 14.3 Å². The highest BCUT2D eigenvalue weighted by Crippen LogP contribution is 2.18. The summed E-state index contributed by atoms with van der Waals surface area (Å²) in [6, 6.07) is -0.701. The predicted molar refractivity (Wildman–Crippen MR) is 250 cm³/mol. The normalized spacial score (nSPS) is 13.5. The largest absolute Gasteiger partial charge is 0.462 e. The van der Waals surface area contributed by atoms with Crippen LogP contribution in [0.3, 0.4) is 0 Å². The van der Waals surface area contributed by atoms with Crippen LogP contribution in [0, 0.1) is 0 Å². The third-order valence-corrected chi connectivity index (χ3v) is 11.5. The summed E-state index contributed by atoms with van der Waals surface area (Å²) >= 11 is 0. The summed E-state index contributed by atoms with van der Waals surface area (Å²) in [7, 11) is 0. The number of amides is 1. The molecule has 6 heteroatoms. The number of unbranched alkanes of at least 4 members (excludes halogenated alkanes) is 29. The van der Waals surface area contributed by atoms with E-state index in [2.05, 4.69) is 62.5 Å². The van der Waals surface area contributed by atoms with Gasteiger partial charge in [-0.2, -0.15) is 0 Å². The van der Waals surface area contributed by atoms with Gasteiger partial charge >= 0.3 is 5.97 Å². The van der Waals surface area contributed by atoms with Gasteiger partial charge in [0.05, 0.1) is 25.2 Å². The molecule has 0 bridgehead atoms. The number of aliphatic hydroxyl groups excluding tert-OH is 2. The molecule has 340 valence electrons. The van der Waals surface area contributed by atoms with Gasteiger partial charge in [0.15, 0.2) is 0 Å². The molecular weight excluding hydrogens is 719 g/mol. The summed E-state index contributed by atoms with van der Waals surface area (Å²) in [6.07, 6.45) is 53.5. The number of aliphatic hydroxyl groups is 2. The number of rotatable bonds is 45. The number of carbonyl (C=O) groups is 2. The molecule has 0 radical (unpaired) electrons. The van der Waals surface area contributed by atoms with Crippen molar-refractivity contribution in [2.24, 2.45) is 0 Å². The molecule has 3 unspecified atom stereocenters. The molecule has 0 aromatic rings. The van der Waals surface area contributed by atoms with E-state index in [9.17, 15) is 19.8 Å². The van der Waals surface area contributed by atoms with Crippen molar-refractivity contribution >= 4 is 11.9 Å². The first-order chi connectivity index (χ1) is 28.5. The molecule has 0 aromatic carbocycles. The van der Waals surface area contributed by atoms with Crippen molar-refractivity contribution in [3.8, 4) is 0 Å².